The molecule has 2 rings (SSSR count). The van der Waals surface area contributed by atoms with Gasteiger partial charge in [0.15, 0.2) is 6.61 Å². The molecule has 0 aliphatic carbocycles. The van der Waals surface area contributed by atoms with Gasteiger partial charge in [0.2, 0.25) is 0 Å². The smallest absolute Gasteiger partial charge is 0.308 e. The molecule has 0 aromatic heterocycles. The molecule has 0 bridgehead atoms. The van der Waals surface area contributed by atoms with E-state index in [-0.39, 0.29) is 18.9 Å². The maximum Gasteiger partial charge on any atom is 0.308 e. The van der Waals surface area contributed by atoms with Crippen LogP contribution in [0.25, 0.3) is 0 Å². The lowest BCUT2D eigenvalue weighted by Crippen LogP contribution is -2.26. The van der Waals surface area contributed by atoms with E-state index in [1.54, 1.807) is 12.1 Å². The zero-order valence-electron chi connectivity index (χ0n) is 10.8. The summed E-state index contributed by atoms with van der Waals surface area (Å²) in [5.41, 5.74) is 0.885. The molecular formula is C13H15NO6. The Morgan fingerprint density at radius 3 is 2.95 bits per heavy atom. The molecule has 1 aliphatic rings. The van der Waals surface area contributed by atoms with Crippen LogP contribution in [-0.2, 0) is 14.3 Å². The number of ether oxygens (including phenoxy) is 2. The third-order valence-corrected chi connectivity index (χ3v) is 2.95. The lowest BCUT2D eigenvalue weighted by Gasteiger charge is -2.21. The van der Waals surface area contributed by atoms with Crippen molar-refractivity contribution in [2.75, 3.05) is 19.0 Å². The molecule has 0 saturated heterocycles. The molecule has 108 valence electrons. The number of aliphatic hydroxyl groups is 2. The van der Waals surface area contributed by atoms with Crippen molar-refractivity contribution in [1.29, 1.82) is 0 Å². The summed E-state index contributed by atoms with van der Waals surface area (Å²) in [6.07, 6.45) is -2.84. The van der Waals surface area contributed by atoms with Crippen molar-refractivity contribution in [2.24, 2.45) is 0 Å². The number of amides is 1. The minimum absolute atomic E-state index is 0.0999. The number of fused-ring (bicyclic) bond motifs is 1. The van der Waals surface area contributed by atoms with Crippen LogP contribution in [0.1, 0.15) is 18.1 Å². The molecule has 0 saturated carbocycles. The zero-order valence-corrected chi connectivity index (χ0v) is 10.8. The van der Waals surface area contributed by atoms with Crippen molar-refractivity contribution in [3.8, 4) is 5.75 Å². The minimum Gasteiger partial charge on any atom is -0.482 e. The Balaban J connectivity index is 2.13. The van der Waals surface area contributed by atoms with Crippen LogP contribution in [0.4, 0.5) is 5.69 Å². The number of carbonyl (C=O) groups excluding carboxylic acids is 2. The molecule has 7 nitrogen and oxygen atoms in total. The largest absolute Gasteiger partial charge is 0.482 e. The lowest BCUT2D eigenvalue weighted by atomic mass is 10.0. The standard InChI is InChI=1S/C13H15NO6/c1-19-12(17)5-9(15)13(18)7-2-3-8-10(4-7)20-6-11(16)14-8/h2-4,9,13,15,18H,5-6H2,1H3,(H,14,16). The van der Waals surface area contributed by atoms with Gasteiger partial charge in [-0.05, 0) is 17.7 Å². The Bertz CT molecular complexity index is 530. The van der Waals surface area contributed by atoms with E-state index in [4.69, 9.17) is 4.74 Å². The van der Waals surface area contributed by atoms with E-state index >= 15 is 0 Å². The summed E-state index contributed by atoms with van der Waals surface area (Å²) in [7, 11) is 1.21. The maximum atomic E-state index is 11.1. The monoisotopic (exact) mass is 281 g/mol. The Labute approximate surface area is 115 Å². The molecule has 1 aliphatic heterocycles. The highest BCUT2D eigenvalue weighted by molar-refractivity contribution is 5.95. The third kappa shape index (κ3) is 3.06. The number of methoxy groups -OCH3 is 1. The van der Waals surface area contributed by atoms with Crippen molar-refractivity contribution in [3.05, 3.63) is 23.8 Å². The summed E-state index contributed by atoms with van der Waals surface area (Å²) < 4.78 is 9.64. The molecule has 3 N–H and O–H groups in total. The average molecular weight is 281 g/mol. The Morgan fingerprint density at radius 2 is 2.25 bits per heavy atom. The Hall–Kier alpha value is -2.12. The van der Waals surface area contributed by atoms with Crippen LogP contribution in [0.3, 0.4) is 0 Å². The van der Waals surface area contributed by atoms with Crippen LogP contribution < -0.4 is 10.1 Å². The first kappa shape index (κ1) is 14.3. The topological polar surface area (TPSA) is 105 Å². The van der Waals surface area contributed by atoms with E-state index < -0.39 is 18.2 Å². The zero-order chi connectivity index (χ0) is 14.7. The van der Waals surface area contributed by atoms with Gasteiger partial charge < -0.3 is 25.0 Å². The molecule has 0 fully saturated rings. The first-order valence-electron chi connectivity index (χ1n) is 6.01. The first-order valence-corrected chi connectivity index (χ1v) is 6.01. The molecule has 20 heavy (non-hydrogen) atoms. The van der Waals surface area contributed by atoms with Gasteiger partial charge in [-0.25, -0.2) is 0 Å². The predicted molar refractivity (Wildman–Crippen MR) is 68.2 cm³/mol. The number of benzene rings is 1. The average Bonchev–Trinajstić information content (AvgIpc) is 2.45. The Morgan fingerprint density at radius 1 is 1.50 bits per heavy atom. The maximum absolute atomic E-state index is 11.1. The van der Waals surface area contributed by atoms with Gasteiger partial charge in [-0.1, -0.05) is 6.07 Å². The predicted octanol–water partition coefficient (Wildman–Crippen LogP) is -0.0251. The number of nitrogens with one attached hydrogen (secondary N) is 1. The number of anilines is 1. The molecular weight excluding hydrogens is 266 g/mol. The molecule has 1 amide bonds. The van der Waals surface area contributed by atoms with Crippen LogP contribution in [-0.4, -0.2) is 41.9 Å². The van der Waals surface area contributed by atoms with E-state index in [0.717, 1.165) is 0 Å². The number of hydrogen-bond donors (Lipinski definition) is 3. The summed E-state index contributed by atoms with van der Waals surface area (Å²) >= 11 is 0. The van der Waals surface area contributed by atoms with Crippen LogP contribution in [0, 0.1) is 0 Å². The number of rotatable bonds is 4. The normalized spacial score (nSPS) is 16.4. The van der Waals surface area contributed by atoms with Gasteiger partial charge in [0.1, 0.15) is 11.9 Å². The van der Waals surface area contributed by atoms with Crippen molar-refractivity contribution >= 4 is 17.6 Å². The first-order chi connectivity index (χ1) is 9.51. The SMILES string of the molecule is COC(=O)CC(O)C(O)c1ccc2c(c1)OCC(=O)N2. The van der Waals surface area contributed by atoms with Crippen molar-refractivity contribution in [3.63, 3.8) is 0 Å². The second-order valence-corrected chi connectivity index (χ2v) is 4.38. The highest BCUT2D eigenvalue weighted by atomic mass is 16.5. The third-order valence-electron chi connectivity index (χ3n) is 2.95. The van der Waals surface area contributed by atoms with Crippen molar-refractivity contribution in [2.45, 2.75) is 18.6 Å². The molecule has 2 atom stereocenters. The molecule has 0 spiro atoms. The molecule has 7 heteroatoms. The fourth-order valence-corrected chi connectivity index (χ4v) is 1.86. The highest BCUT2D eigenvalue weighted by Gasteiger charge is 2.24. The number of esters is 1. The fraction of sp³-hybridized carbons (Fsp3) is 0.385. The summed E-state index contributed by atoms with van der Waals surface area (Å²) in [4.78, 5) is 22.2. The molecule has 1 heterocycles. The van der Waals surface area contributed by atoms with Crippen LogP contribution >= 0.6 is 0 Å². The van der Waals surface area contributed by atoms with E-state index in [0.29, 0.717) is 17.0 Å². The molecule has 1 aromatic rings. The lowest BCUT2D eigenvalue weighted by molar-refractivity contribution is -0.144. The van der Waals surface area contributed by atoms with E-state index in [2.05, 4.69) is 10.1 Å². The van der Waals surface area contributed by atoms with Crippen LogP contribution in [0.5, 0.6) is 5.75 Å². The minimum atomic E-state index is -1.28. The Kier molecular flexibility index (Phi) is 4.21. The van der Waals surface area contributed by atoms with Crippen LogP contribution in [0.15, 0.2) is 18.2 Å². The second kappa shape index (κ2) is 5.89. The summed E-state index contributed by atoms with van der Waals surface area (Å²) in [5, 5.41) is 22.4. The van der Waals surface area contributed by atoms with E-state index in [9.17, 15) is 19.8 Å². The van der Waals surface area contributed by atoms with Gasteiger partial charge in [0, 0.05) is 0 Å². The van der Waals surface area contributed by atoms with Crippen molar-refractivity contribution in [1.82, 2.24) is 0 Å². The summed E-state index contributed by atoms with van der Waals surface area (Å²) in [5.74, 6) is -0.457. The van der Waals surface area contributed by atoms with E-state index in [1.165, 1.54) is 13.2 Å². The fourth-order valence-electron chi connectivity index (χ4n) is 1.86. The number of hydrogen-bond acceptors (Lipinski definition) is 6. The quantitative estimate of drug-likeness (QED) is 0.670. The van der Waals surface area contributed by atoms with Crippen LogP contribution in [0.2, 0.25) is 0 Å². The van der Waals surface area contributed by atoms with Gasteiger partial charge >= 0.3 is 5.97 Å². The van der Waals surface area contributed by atoms with Gasteiger partial charge in [0.05, 0.1) is 25.3 Å². The number of carbonyl (C=O) groups is 2. The highest BCUT2D eigenvalue weighted by Crippen LogP contribution is 2.31. The summed E-state index contributed by atoms with van der Waals surface area (Å²) in [6.45, 7) is -0.0999. The molecule has 2 unspecified atom stereocenters. The second-order valence-electron chi connectivity index (χ2n) is 4.38. The summed E-state index contributed by atoms with van der Waals surface area (Å²) in [6, 6.07) is 4.62. The number of aliphatic hydroxyl groups excluding tert-OH is 2. The molecule has 1 aromatic carbocycles. The molecule has 0 radical (unpaired) electrons. The van der Waals surface area contributed by atoms with Gasteiger partial charge in [-0.3, -0.25) is 9.59 Å². The van der Waals surface area contributed by atoms with Gasteiger partial charge in [-0.15, -0.1) is 0 Å². The van der Waals surface area contributed by atoms with E-state index in [1.807, 2.05) is 0 Å². The van der Waals surface area contributed by atoms with Crippen molar-refractivity contribution < 1.29 is 29.3 Å². The van der Waals surface area contributed by atoms with Gasteiger partial charge in [0.25, 0.3) is 5.91 Å². The van der Waals surface area contributed by atoms with Gasteiger partial charge in [-0.2, -0.15) is 0 Å².